The highest BCUT2D eigenvalue weighted by molar-refractivity contribution is 7.86. The van der Waals surface area contributed by atoms with Crippen LogP contribution in [0.5, 0.6) is 5.75 Å². The van der Waals surface area contributed by atoms with Crippen molar-refractivity contribution in [1.29, 1.82) is 0 Å². The largest absolute Gasteiger partial charge is 0.544 e. The van der Waals surface area contributed by atoms with Crippen LogP contribution in [0.1, 0.15) is 70.1 Å². The van der Waals surface area contributed by atoms with Crippen LogP contribution in [0.3, 0.4) is 0 Å². The summed E-state index contributed by atoms with van der Waals surface area (Å²) in [5, 5.41) is -0.739. The number of hydrogen-bond acceptors (Lipinski definition) is 3. The average molecular weight is 399 g/mol. The van der Waals surface area contributed by atoms with Crippen molar-refractivity contribution in [1.82, 2.24) is 0 Å². The van der Waals surface area contributed by atoms with Crippen LogP contribution in [0.15, 0.2) is 24.3 Å². The fourth-order valence-electron chi connectivity index (χ4n) is 3.35. The number of benzene rings is 1. The summed E-state index contributed by atoms with van der Waals surface area (Å²) in [4.78, 5) is 0. The molecule has 2 rings (SSSR count). The normalized spacial score (nSPS) is 18.5. The Bertz CT molecular complexity index is 684. The summed E-state index contributed by atoms with van der Waals surface area (Å²) in [5.74, 6) is 1.14. The highest BCUT2D eigenvalue weighted by atomic mass is 32.2. The molecule has 1 fully saturated rings. The van der Waals surface area contributed by atoms with Crippen LogP contribution < -0.4 is 4.43 Å². The molecule has 0 aromatic heterocycles. The van der Waals surface area contributed by atoms with Gasteiger partial charge in [-0.2, -0.15) is 8.42 Å². The van der Waals surface area contributed by atoms with E-state index in [1.165, 1.54) is 6.42 Å². The minimum Gasteiger partial charge on any atom is -0.544 e. The first-order valence-corrected chi connectivity index (χ1v) is 14.1. The molecule has 1 aromatic rings. The maximum Gasteiger partial charge on any atom is 0.271 e. The molecule has 6 heteroatoms. The minimum atomic E-state index is -4.12. The molecule has 0 bridgehead atoms. The maximum absolute atomic E-state index is 12.0. The average Bonchev–Trinajstić information content (AvgIpc) is 2.52. The van der Waals surface area contributed by atoms with Gasteiger partial charge in [0.05, 0.1) is 0 Å². The Labute approximate surface area is 160 Å². The second-order valence-corrected chi connectivity index (χ2v) is 15.5. The molecule has 1 N–H and O–H groups in total. The number of rotatable bonds is 6. The molecule has 1 atom stereocenters. The first-order valence-electron chi connectivity index (χ1n) is 9.65. The third-order valence-electron chi connectivity index (χ3n) is 6.06. The van der Waals surface area contributed by atoms with E-state index in [1.54, 1.807) is 12.1 Å². The van der Waals surface area contributed by atoms with Gasteiger partial charge in [0.2, 0.25) is 8.32 Å². The van der Waals surface area contributed by atoms with Gasteiger partial charge in [0.1, 0.15) is 11.0 Å². The van der Waals surface area contributed by atoms with Crippen molar-refractivity contribution in [2.24, 2.45) is 5.92 Å². The third kappa shape index (κ3) is 5.57. The van der Waals surface area contributed by atoms with Crippen LogP contribution in [-0.4, -0.2) is 21.3 Å². The van der Waals surface area contributed by atoms with Crippen molar-refractivity contribution in [2.45, 2.75) is 82.7 Å². The van der Waals surface area contributed by atoms with Gasteiger partial charge in [0.15, 0.2) is 0 Å². The lowest BCUT2D eigenvalue weighted by molar-refractivity contribution is 0.328. The van der Waals surface area contributed by atoms with E-state index in [4.69, 9.17) is 4.43 Å². The summed E-state index contributed by atoms with van der Waals surface area (Å²) in [6.07, 6.45) is 6.15. The smallest absolute Gasteiger partial charge is 0.271 e. The highest BCUT2D eigenvalue weighted by Gasteiger charge is 2.39. The van der Waals surface area contributed by atoms with Crippen molar-refractivity contribution in [3.05, 3.63) is 29.8 Å². The minimum absolute atomic E-state index is 0.101. The lowest BCUT2D eigenvalue weighted by Gasteiger charge is -2.36. The zero-order valence-corrected chi connectivity index (χ0v) is 18.6. The fraction of sp³-hybridized carbons (Fsp3) is 0.700. The zero-order chi connectivity index (χ0) is 19.6. The lowest BCUT2D eigenvalue weighted by Crippen LogP contribution is -2.43. The van der Waals surface area contributed by atoms with E-state index < -0.39 is 23.7 Å². The second-order valence-electron chi connectivity index (χ2n) is 9.17. The maximum atomic E-state index is 12.0. The van der Waals surface area contributed by atoms with Crippen molar-refractivity contribution in [3.8, 4) is 5.75 Å². The van der Waals surface area contributed by atoms with E-state index in [0.717, 1.165) is 31.4 Å². The van der Waals surface area contributed by atoms with E-state index in [2.05, 4.69) is 33.9 Å². The summed E-state index contributed by atoms with van der Waals surface area (Å²) >= 11 is 0. The SMILES string of the molecule is CC(C)(C)[Si](C)(C)Oc1ccc(C(CC2CCCCC2)S(=O)(=O)O)cc1. The van der Waals surface area contributed by atoms with E-state index in [0.29, 0.717) is 17.9 Å². The fourth-order valence-corrected chi connectivity index (χ4v) is 5.40. The van der Waals surface area contributed by atoms with Crippen molar-refractivity contribution >= 4 is 18.4 Å². The second kappa shape index (κ2) is 8.03. The first-order chi connectivity index (χ1) is 11.9. The highest BCUT2D eigenvalue weighted by Crippen LogP contribution is 2.39. The quantitative estimate of drug-likeness (QED) is 0.473. The summed E-state index contributed by atoms with van der Waals surface area (Å²) < 4.78 is 40.0. The van der Waals surface area contributed by atoms with Crippen molar-refractivity contribution < 1.29 is 17.4 Å². The molecule has 148 valence electrons. The molecule has 1 saturated carbocycles. The molecule has 0 aliphatic heterocycles. The molecular formula is C20H34O4SSi. The Kier molecular flexibility index (Phi) is 6.62. The van der Waals surface area contributed by atoms with E-state index >= 15 is 0 Å². The summed E-state index contributed by atoms with van der Waals surface area (Å²) in [5.41, 5.74) is 0.653. The van der Waals surface area contributed by atoms with Gasteiger partial charge in [-0.05, 0) is 48.2 Å². The van der Waals surface area contributed by atoms with Gasteiger partial charge in [-0.25, -0.2) is 0 Å². The molecule has 1 aliphatic rings. The third-order valence-corrected chi connectivity index (χ3v) is 11.6. The zero-order valence-electron chi connectivity index (χ0n) is 16.8. The molecular weight excluding hydrogens is 364 g/mol. The predicted molar refractivity (Wildman–Crippen MR) is 110 cm³/mol. The van der Waals surface area contributed by atoms with Gasteiger partial charge in [-0.1, -0.05) is 65.0 Å². The summed E-state index contributed by atoms with van der Waals surface area (Å²) in [6.45, 7) is 10.9. The van der Waals surface area contributed by atoms with Crippen LogP contribution >= 0.6 is 0 Å². The molecule has 0 spiro atoms. The molecule has 0 radical (unpaired) electrons. The Morgan fingerprint density at radius 1 is 1.12 bits per heavy atom. The summed E-state index contributed by atoms with van der Waals surface area (Å²) in [6, 6.07) is 7.28. The van der Waals surface area contributed by atoms with E-state index in [9.17, 15) is 13.0 Å². The van der Waals surface area contributed by atoms with Crippen molar-refractivity contribution in [2.75, 3.05) is 0 Å². The molecule has 1 unspecified atom stereocenters. The molecule has 26 heavy (non-hydrogen) atoms. The Morgan fingerprint density at radius 2 is 1.65 bits per heavy atom. The Hall–Kier alpha value is -0.853. The summed E-state index contributed by atoms with van der Waals surface area (Å²) in [7, 11) is -6.05. The van der Waals surface area contributed by atoms with Crippen LogP contribution in [0, 0.1) is 5.92 Å². The lowest BCUT2D eigenvalue weighted by atomic mass is 9.85. The molecule has 1 aliphatic carbocycles. The number of hydrogen-bond donors (Lipinski definition) is 1. The standard InChI is InChI=1S/C20H34O4SSi/c1-20(2,3)26(4,5)24-18-13-11-17(12-14-18)19(25(21,22)23)15-16-9-7-6-8-10-16/h11-14,16,19H,6-10,15H2,1-5H3,(H,21,22,23). The van der Waals surface area contributed by atoms with Crippen LogP contribution in [0.4, 0.5) is 0 Å². The van der Waals surface area contributed by atoms with Gasteiger partial charge in [0, 0.05) is 0 Å². The molecule has 0 amide bonds. The molecule has 0 saturated heterocycles. The monoisotopic (exact) mass is 398 g/mol. The predicted octanol–water partition coefficient (Wildman–Crippen LogP) is 5.97. The van der Waals surface area contributed by atoms with Crippen molar-refractivity contribution in [3.63, 3.8) is 0 Å². The topological polar surface area (TPSA) is 63.6 Å². The molecule has 1 aromatic carbocycles. The van der Waals surface area contributed by atoms with Crippen LogP contribution in [0.25, 0.3) is 0 Å². The molecule has 4 nitrogen and oxygen atoms in total. The van der Waals surface area contributed by atoms with Gasteiger partial charge < -0.3 is 4.43 Å². The van der Waals surface area contributed by atoms with Crippen LogP contribution in [0.2, 0.25) is 18.1 Å². The van der Waals surface area contributed by atoms with Gasteiger partial charge in [-0.3, -0.25) is 4.55 Å². The van der Waals surface area contributed by atoms with E-state index in [1.807, 2.05) is 12.1 Å². The van der Waals surface area contributed by atoms with Crippen LogP contribution in [-0.2, 0) is 10.1 Å². The molecule has 0 heterocycles. The Balaban J connectivity index is 2.17. The van der Waals surface area contributed by atoms with Gasteiger partial charge in [0.25, 0.3) is 10.1 Å². The van der Waals surface area contributed by atoms with Gasteiger partial charge >= 0.3 is 0 Å². The van der Waals surface area contributed by atoms with Gasteiger partial charge in [-0.15, -0.1) is 0 Å². The first kappa shape index (κ1) is 21.4. The van der Waals surface area contributed by atoms with E-state index in [-0.39, 0.29) is 5.04 Å². The Morgan fingerprint density at radius 3 is 2.12 bits per heavy atom.